The van der Waals surface area contributed by atoms with Gasteiger partial charge >= 0.3 is 0 Å². The van der Waals surface area contributed by atoms with E-state index in [1.807, 2.05) is 18.2 Å². The molecule has 0 aliphatic heterocycles. The number of carbonyl (C=O) groups is 1. The van der Waals surface area contributed by atoms with Crippen molar-refractivity contribution < 1.29 is 14.3 Å². The van der Waals surface area contributed by atoms with Crippen molar-refractivity contribution in [1.82, 2.24) is 25.0 Å². The minimum Gasteiger partial charge on any atom is -0.497 e. The highest BCUT2D eigenvalue weighted by Gasteiger charge is 2.19. The maximum Gasteiger partial charge on any atom is 0.241 e. The summed E-state index contributed by atoms with van der Waals surface area (Å²) in [6, 6.07) is 6.30. The number of fused-ring (bicyclic) bond motifs is 3. The Labute approximate surface area is 182 Å². The van der Waals surface area contributed by atoms with Gasteiger partial charge in [-0.15, -0.1) is 0 Å². The van der Waals surface area contributed by atoms with Crippen LogP contribution in [0.5, 0.6) is 11.6 Å². The van der Waals surface area contributed by atoms with Gasteiger partial charge in [-0.3, -0.25) is 9.48 Å². The van der Waals surface area contributed by atoms with Crippen LogP contribution < -0.4 is 14.8 Å². The van der Waals surface area contributed by atoms with Gasteiger partial charge in [-0.1, -0.05) is 19.3 Å². The fraction of sp³-hybridized carbons (Fsp3) is 0.522. The fourth-order valence-electron chi connectivity index (χ4n) is 4.47. The molecule has 1 saturated carbocycles. The molecule has 4 rings (SSSR count). The van der Waals surface area contributed by atoms with Crippen LogP contribution in [0.2, 0.25) is 0 Å². The summed E-state index contributed by atoms with van der Waals surface area (Å²) in [6.45, 7) is 1.62. The fourth-order valence-corrected chi connectivity index (χ4v) is 4.47. The number of amides is 1. The average molecular weight is 426 g/mol. The van der Waals surface area contributed by atoms with E-state index in [1.165, 1.54) is 32.1 Å². The molecule has 1 aliphatic rings. The summed E-state index contributed by atoms with van der Waals surface area (Å²) in [4.78, 5) is 19.6. The zero-order chi connectivity index (χ0) is 21.8. The molecule has 8 heteroatoms. The molecular weight excluding hydrogens is 394 g/mol. The third-order valence-electron chi connectivity index (χ3n) is 6.22. The normalized spacial score (nSPS) is 15.0. The van der Waals surface area contributed by atoms with Crippen LogP contribution in [0.3, 0.4) is 0 Å². The van der Waals surface area contributed by atoms with E-state index in [4.69, 9.17) is 9.47 Å². The molecule has 166 valence electrons. The SMILES string of the molecule is COc1ccc2nc(OC)c3cnn(CC(=O)NCCN(C)C4CCCCC4)c3c2c1. The number of benzene rings is 1. The van der Waals surface area contributed by atoms with Crippen molar-refractivity contribution in [2.45, 2.75) is 44.7 Å². The van der Waals surface area contributed by atoms with Crippen LogP contribution in [-0.2, 0) is 11.3 Å². The third-order valence-corrected chi connectivity index (χ3v) is 6.22. The van der Waals surface area contributed by atoms with Gasteiger partial charge in [0.05, 0.1) is 36.8 Å². The van der Waals surface area contributed by atoms with E-state index in [-0.39, 0.29) is 12.5 Å². The van der Waals surface area contributed by atoms with Crippen LogP contribution in [-0.4, -0.2) is 66.0 Å². The van der Waals surface area contributed by atoms with Crippen molar-refractivity contribution in [2.75, 3.05) is 34.4 Å². The molecule has 0 bridgehead atoms. The highest BCUT2D eigenvalue weighted by molar-refractivity contribution is 6.06. The summed E-state index contributed by atoms with van der Waals surface area (Å²) in [5.74, 6) is 1.16. The van der Waals surface area contributed by atoms with Crippen LogP contribution in [0.15, 0.2) is 24.4 Å². The molecule has 1 N–H and O–H groups in total. The van der Waals surface area contributed by atoms with Crippen molar-refractivity contribution in [1.29, 1.82) is 0 Å². The number of hydrogen-bond donors (Lipinski definition) is 1. The van der Waals surface area contributed by atoms with Crippen molar-refractivity contribution >= 4 is 27.7 Å². The summed E-state index contributed by atoms with van der Waals surface area (Å²) >= 11 is 0. The second kappa shape index (κ2) is 9.51. The van der Waals surface area contributed by atoms with E-state index in [1.54, 1.807) is 25.1 Å². The molecule has 0 unspecified atom stereocenters. The molecule has 2 aromatic heterocycles. The second-order valence-electron chi connectivity index (χ2n) is 8.19. The Balaban J connectivity index is 1.48. The van der Waals surface area contributed by atoms with Gasteiger partial charge in [0.15, 0.2) is 0 Å². The summed E-state index contributed by atoms with van der Waals surface area (Å²) in [5.41, 5.74) is 1.58. The summed E-state index contributed by atoms with van der Waals surface area (Å²) in [5, 5.41) is 9.14. The van der Waals surface area contributed by atoms with E-state index in [9.17, 15) is 4.79 Å². The molecule has 3 aromatic rings. The number of hydrogen-bond acceptors (Lipinski definition) is 6. The topological polar surface area (TPSA) is 81.5 Å². The highest BCUT2D eigenvalue weighted by Crippen LogP contribution is 2.32. The van der Waals surface area contributed by atoms with Crippen LogP contribution in [0.4, 0.5) is 0 Å². The molecule has 1 fully saturated rings. The van der Waals surface area contributed by atoms with Gasteiger partial charge in [-0.25, -0.2) is 4.98 Å². The van der Waals surface area contributed by atoms with E-state index < -0.39 is 0 Å². The van der Waals surface area contributed by atoms with Gasteiger partial charge in [0.25, 0.3) is 0 Å². The quantitative estimate of drug-likeness (QED) is 0.598. The monoisotopic (exact) mass is 425 g/mol. The van der Waals surface area contributed by atoms with Gasteiger partial charge in [0.2, 0.25) is 11.8 Å². The molecule has 0 spiro atoms. The predicted molar refractivity (Wildman–Crippen MR) is 121 cm³/mol. The Kier molecular flexibility index (Phi) is 6.56. The standard InChI is InChI=1S/C23H31N5O3/c1-27(16-7-5-4-6-8-16)12-11-24-21(29)15-28-22-18-13-17(30-2)9-10-20(18)26-23(31-3)19(22)14-25-28/h9-10,13-14,16H,4-8,11-12,15H2,1-3H3,(H,24,29). The second-order valence-corrected chi connectivity index (χ2v) is 8.19. The van der Waals surface area contributed by atoms with Crippen LogP contribution in [0.1, 0.15) is 32.1 Å². The number of pyridine rings is 1. The number of nitrogens with zero attached hydrogens (tertiary/aromatic N) is 4. The lowest BCUT2D eigenvalue weighted by atomic mass is 9.94. The molecule has 1 aliphatic carbocycles. The van der Waals surface area contributed by atoms with Gasteiger partial charge in [-0.05, 0) is 38.1 Å². The first kappa shape index (κ1) is 21.4. The van der Waals surface area contributed by atoms with E-state index in [0.717, 1.165) is 34.1 Å². The Morgan fingerprint density at radius 1 is 1.19 bits per heavy atom. The molecule has 0 radical (unpaired) electrons. The Bertz CT molecular complexity index is 1060. The Morgan fingerprint density at radius 3 is 2.74 bits per heavy atom. The minimum atomic E-state index is -0.0612. The molecule has 8 nitrogen and oxygen atoms in total. The third kappa shape index (κ3) is 4.58. The number of carbonyl (C=O) groups excluding carboxylic acids is 1. The maximum atomic E-state index is 12.7. The molecule has 1 amide bonds. The Morgan fingerprint density at radius 2 is 2.00 bits per heavy atom. The first-order valence-electron chi connectivity index (χ1n) is 10.9. The zero-order valence-electron chi connectivity index (χ0n) is 18.6. The van der Waals surface area contributed by atoms with E-state index >= 15 is 0 Å². The average Bonchev–Trinajstić information content (AvgIpc) is 3.22. The van der Waals surface area contributed by atoms with Crippen molar-refractivity contribution in [3.63, 3.8) is 0 Å². The summed E-state index contributed by atoms with van der Waals surface area (Å²) < 4.78 is 12.5. The number of ether oxygens (including phenoxy) is 2. The van der Waals surface area contributed by atoms with Gasteiger partial charge in [0, 0.05) is 24.5 Å². The number of aromatic nitrogens is 3. The van der Waals surface area contributed by atoms with Gasteiger partial charge in [-0.2, -0.15) is 5.10 Å². The van der Waals surface area contributed by atoms with Crippen LogP contribution >= 0.6 is 0 Å². The maximum absolute atomic E-state index is 12.7. The summed E-state index contributed by atoms with van der Waals surface area (Å²) in [6.07, 6.45) is 8.19. The van der Waals surface area contributed by atoms with Crippen molar-refractivity contribution in [2.24, 2.45) is 0 Å². The summed E-state index contributed by atoms with van der Waals surface area (Å²) in [7, 11) is 5.37. The number of likely N-dealkylation sites (N-methyl/N-ethyl adjacent to an activating group) is 1. The predicted octanol–water partition coefficient (Wildman–Crippen LogP) is 2.98. The first-order valence-corrected chi connectivity index (χ1v) is 10.9. The molecule has 0 saturated heterocycles. The first-order chi connectivity index (χ1) is 15.1. The highest BCUT2D eigenvalue weighted by atomic mass is 16.5. The number of rotatable bonds is 8. The van der Waals surface area contributed by atoms with Crippen LogP contribution in [0.25, 0.3) is 21.8 Å². The van der Waals surface area contributed by atoms with Gasteiger partial charge in [0.1, 0.15) is 12.3 Å². The number of methoxy groups -OCH3 is 2. The largest absolute Gasteiger partial charge is 0.497 e. The lowest BCUT2D eigenvalue weighted by Crippen LogP contribution is -2.40. The molecule has 31 heavy (non-hydrogen) atoms. The lowest BCUT2D eigenvalue weighted by Gasteiger charge is -2.31. The smallest absolute Gasteiger partial charge is 0.241 e. The van der Waals surface area contributed by atoms with E-state index in [0.29, 0.717) is 18.5 Å². The van der Waals surface area contributed by atoms with Gasteiger partial charge < -0.3 is 19.7 Å². The Hall–Kier alpha value is -2.87. The number of nitrogens with one attached hydrogen (secondary N) is 1. The zero-order valence-corrected chi connectivity index (χ0v) is 18.6. The molecule has 2 heterocycles. The lowest BCUT2D eigenvalue weighted by molar-refractivity contribution is -0.121. The van der Waals surface area contributed by atoms with Crippen LogP contribution in [0, 0.1) is 0 Å². The minimum absolute atomic E-state index is 0.0612. The van der Waals surface area contributed by atoms with Crippen molar-refractivity contribution in [3.8, 4) is 11.6 Å². The molecule has 1 aromatic carbocycles. The molecular formula is C23H31N5O3. The molecule has 0 atom stereocenters. The van der Waals surface area contributed by atoms with Crippen molar-refractivity contribution in [3.05, 3.63) is 24.4 Å². The van der Waals surface area contributed by atoms with E-state index in [2.05, 4.69) is 27.3 Å².